The van der Waals surface area contributed by atoms with Crippen LogP contribution in [0.2, 0.25) is 0 Å². The zero-order chi connectivity index (χ0) is 14.8. The third kappa shape index (κ3) is 3.28. The highest BCUT2D eigenvalue weighted by atomic mass is 32.2. The summed E-state index contributed by atoms with van der Waals surface area (Å²) in [6.07, 6.45) is 4.13. The predicted molar refractivity (Wildman–Crippen MR) is 79.6 cm³/mol. The molecule has 0 saturated heterocycles. The van der Waals surface area contributed by atoms with E-state index in [-0.39, 0.29) is 5.75 Å². The molecule has 1 aromatic carbocycles. The number of benzene rings is 1. The van der Waals surface area contributed by atoms with E-state index in [1.807, 2.05) is 33.0 Å². The van der Waals surface area contributed by atoms with E-state index in [4.69, 9.17) is 0 Å². The lowest BCUT2D eigenvalue weighted by Gasteiger charge is -2.06. The Morgan fingerprint density at radius 1 is 1.20 bits per heavy atom. The van der Waals surface area contributed by atoms with Crippen molar-refractivity contribution in [3.8, 4) is 0 Å². The molecular weight excluding hydrogens is 272 g/mol. The second kappa shape index (κ2) is 5.79. The molecule has 0 aliphatic carbocycles. The van der Waals surface area contributed by atoms with Crippen molar-refractivity contribution in [2.24, 2.45) is 0 Å². The van der Waals surface area contributed by atoms with Crippen LogP contribution in [0.25, 0.3) is 0 Å². The van der Waals surface area contributed by atoms with Crippen LogP contribution in [-0.2, 0) is 22.8 Å². The van der Waals surface area contributed by atoms with Gasteiger partial charge in [0.25, 0.3) is 0 Å². The van der Waals surface area contributed by atoms with Gasteiger partial charge in [-0.05, 0) is 56.0 Å². The fourth-order valence-electron chi connectivity index (χ4n) is 1.99. The predicted octanol–water partition coefficient (Wildman–Crippen LogP) is 2.54. The molecule has 0 unspecified atom stereocenters. The van der Waals surface area contributed by atoms with E-state index in [1.165, 1.54) is 0 Å². The molecule has 1 aromatic heterocycles. The maximum absolute atomic E-state index is 12.3. The van der Waals surface area contributed by atoms with Crippen LogP contribution >= 0.6 is 0 Å². The smallest absolute Gasteiger partial charge is 0.178 e. The molecule has 0 spiro atoms. The number of rotatable bonds is 5. The summed E-state index contributed by atoms with van der Waals surface area (Å²) in [4.78, 5) is 0.406. The zero-order valence-electron chi connectivity index (χ0n) is 12.1. The molecule has 20 heavy (non-hydrogen) atoms. The summed E-state index contributed by atoms with van der Waals surface area (Å²) < 4.78 is 26.4. The maximum atomic E-state index is 12.3. The average molecular weight is 292 g/mol. The summed E-state index contributed by atoms with van der Waals surface area (Å²) in [6, 6.07) is 5.30. The molecule has 0 aliphatic rings. The molecule has 0 N–H and O–H groups in total. The van der Waals surface area contributed by atoms with Gasteiger partial charge in [-0.15, -0.1) is 0 Å². The van der Waals surface area contributed by atoms with Gasteiger partial charge in [-0.1, -0.05) is 6.07 Å². The summed E-state index contributed by atoms with van der Waals surface area (Å²) in [5.74, 6) is 0.116. The minimum Gasteiger partial charge on any atom is -0.273 e. The second-order valence-corrected chi connectivity index (χ2v) is 7.13. The number of aryl methyl sites for hydroxylation is 4. The molecule has 108 valence electrons. The lowest BCUT2D eigenvalue weighted by molar-refractivity contribution is 0.595. The molecule has 0 saturated carbocycles. The Labute approximate surface area is 120 Å². The van der Waals surface area contributed by atoms with Crippen LogP contribution in [0.4, 0.5) is 0 Å². The zero-order valence-corrected chi connectivity index (χ0v) is 12.9. The Balaban J connectivity index is 2.12. The number of nitrogens with zero attached hydrogens (tertiary/aromatic N) is 2. The van der Waals surface area contributed by atoms with Crippen molar-refractivity contribution in [3.63, 3.8) is 0 Å². The lowest BCUT2D eigenvalue weighted by atomic mass is 10.1. The van der Waals surface area contributed by atoms with Crippen molar-refractivity contribution in [1.82, 2.24) is 9.78 Å². The van der Waals surface area contributed by atoms with Crippen LogP contribution in [0.15, 0.2) is 35.5 Å². The molecule has 2 aromatic rings. The Bertz CT molecular complexity index is 702. The highest BCUT2D eigenvalue weighted by Crippen LogP contribution is 2.17. The molecule has 0 radical (unpaired) electrons. The van der Waals surface area contributed by atoms with Crippen LogP contribution < -0.4 is 0 Å². The Morgan fingerprint density at radius 3 is 2.55 bits per heavy atom. The monoisotopic (exact) mass is 292 g/mol. The van der Waals surface area contributed by atoms with Crippen LogP contribution in [0.5, 0.6) is 0 Å². The first-order chi connectivity index (χ1) is 9.42. The highest BCUT2D eigenvalue weighted by molar-refractivity contribution is 7.91. The van der Waals surface area contributed by atoms with E-state index in [0.29, 0.717) is 11.3 Å². The van der Waals surface area contributed by atoms with Crippen LogP contribution in [0.3, 0.4) is 0 Å². The number of hydrogen-bond donors (Lipinski definition) is 0. The van der Waals surface area contributed by atoms with Gasteiger partial charge >= 0.3 is 0 Å². The fraction of sp³-hybridized carbons (Fsp3) is 0.400. The van der Waals surface area contributed by atoms with Crippen molar-refractivity contribution < 1.29 is 8.42 Å². The van der Waals surface area contributed by atoms with Crippen molar-refractivity contribution in [3.05, 3.63) is 47.3 Å². The second-order valence-electron chi connectivity index (χ2n) is 5.02. The van der Waals surface area contributed by atoms with E-state index >= 15 is 0 Å². The van der Waals surface area contributed by atoms with Crippen molar-refractivity contribution in [2.45, 2.75) is 38.6 Å². The minimum absolute atomic E-state index is 0.116. The first kappa shape index (κ1) is 14.8. The lowest BCUT2D eigenvalue weighted by Crippen LogP contribution is -2.09. The molecule has 2 rings (SSSR count). The van der Waals surface area contributed by atoms with E-state index < -0.39 is 9.84 Å². The summed E-state index contributed by atoms with van der Waals surface area (Å²) in [7, 11) is -3.23. The SMILES string of the molecule is CCn1cc(CCS(=O)(=O)c2ccc(C)c(C)c2)cn1. The van der Waals surface area contributed by atoms with Gasteiger partial charge in [0.05, 0.1) is 16.8 Å². The van der Waals surface area contributed by atoms with E-state index in [9.17, 15) is 8.42 Å². The Kier molecular flexibility index (Phi) is 4.28. The van der Waals surface area contributed by atoms with E-state index in [1.54, 1.807) is 23.0 Å². The molecule has 0 atom stereocenters. The molecule has 4 nitrogen and oxygen atoms in total. The third-order valence-electron chi connectivity index (χ3n) is 3.51. The maximum Gasteiger partial charge on any atom is 0.178 e. The summed E-state index contributed by atoms with van der Waals surface area (Å²) in [5.41, 5.74) is 3.07. The molecule has 0 amide bonds. The molecule has 0 fully saturated rings. The average Bonchev–Trinajstić information content (AvgIpc) is 2.87. The van der Waals surface area contributed by atoms with Crippen molar-refractivity contribution >= 4 is 9.84 Å². The summed E-state index contributed by atoms with van der Waals surface area (Å²) >= 11 is 0. The van der Waals surface area contributed by atoms with Gasteiger partial charge in [0.15, 0.2) is 9.84 Å². The van der Waals surface area contributed by atoms with Crippen molar-refractivity contribution in [2.75, 3.05) is 5.75 Å². The number of hydrogen-bond acceptors (Lipinski definition) is 3. The van der Waals surface area contributed by atoms with Crippen LogP contribution in [0.1, 0.15) is 23.6 Å². The molecular formula is C15H20N2O2S. The first-order valence-corrected chi connectivity index (χ1v) is 8.39. The van der Waals surface area contributed by atoms with Crippen LogP contribution in [0, 0.1) is 13.8 Å². The Morgan fingerprint density at radius 2 is 1.95 bits per heavy atom. The normalized spacial score (nSPS) is 11.8. The quantitative estimate of drug-likeness (QED) is 0.851. The van der Waals surface area contributed by atoms with Crippen molar-refractivity contribution in [1.29, 1.82) is 0 Å². The number of sulfone groups is 1. The van der Waals surface area contributed by atoms with Gasteiger partial charge in [0.2, 0.25) is 0 Å². The minimum atomic E-state index is -3.23. The van der Waals surface area contributed by atoms with Gasteiger partial charge < -0.3 is 0 Å². The molecule has 0 bridgehead atoms. The van der Waals surface area contributed by atoms with Gasteiger partial charge in [-0.2, -0.15) is 5.10 Å². The van der Waals surface area contributed by atoms with Crippen LogP contribution in [-0.4, -0.2) is 24.0 Å². The topological polar surface area (TPSA) is 52.0 Å². The highest BCUT2D eigenvalue weighted by Gasteiger charge is 2.15. The summed E-state index contributed by atoms with van der Waals surface area (Å²) in [5, 5.41) is 4.16. The third-order valence-corrected chi connectivity index (χ3v) is 5.22. The molecule has 5 heteroatoms. The standard InChI is InChI=1S/C15H20N2O2S/c1-4-17-11-14(10-16-17)7-8-20(18,19)15-6-5-12(2)13(3)9-15/h5-6,9-11H,4,7-8H2,1-3H3. The first-order valence-electron chi connectivity index (χ1n) is 6.73. The van der Waals surface area contributed by atoms with Gasteiger partial charge in [-0.3, -0.25) is 4.68 Å². The van der Waals surface area contributed by atoms with Gasteiger partial charge in [0.1, 0.15) is 0 Å². The van der Waals surface area contributed by atoms with Gasteiger partial charge in [-0.25, -0.2) is 8.42 Å². The largest absolute Gasteiger partial charge is 0.273 e. The fourth-order valence-corrected chi connectivity index (χ4v) is 3.36. The molecule has 0 aliphatic heterocycles. The van der Waals surface area contributed by atoms with E-state index in [0.717, 1.165) is 23.2 Å². The Hall–Kier alpha value is -1.62. The summed E-state index contributed by atoms with van der Waals surface area (Å²) in [6.45, 7) is 6.71. The van der Waals surface area contributed by atoms with Gasteiger partial charge in [0, 0.05) is 12.7 Å². The number of aromatic nitrogens is 2. The molecule has 1 heterocycles. The van der Waals surface area contributed by atoms with E-state index in [2.05, 4.69) is 5.10 Å².